The minimum absolute atomic E-state index is 0.131. The first-order valence-corrected chi connectivity index (χ1v) is 27.6. The number of ether oxygens (including phenoxy) is 2. The largest absolute Gasteiger partial charge is 0.472 e. The molecular formula is C53H95O12P. The van der Waals surface area contributed by atoms with E-state index in [4.69, 9.17) is 18.5 Å². The lowest BCUT2D eigenvalue weighted by molar-refractivity contribution is -0.220. The van der Waals surface area contributed by atoms with Crippen molar-refractivity contribution in [3.63, 3.8) is 0 Å². The number of esters is 1. The van der Waals surface area contributed by atoms with E-state index in [-0.39, 0.29) is 13.0 Å². The number of hydrogen-bond donors (Lipinski definition) is 6. The van der Waals surface area contributed by atoms with Gasteiger partial charge in [-0.2, -0.15) is 0 Å². The van der Waals surface area contributed by atoms with Gasteiger partial charge in [0.25, 0.3) is 0 Å². The first-order chi connectivity index (χ1) is 32.0. The van der Waals surface area contributed by atoms with Crippen LogP contribution >= 0.6 is 7.82 Å². The maximum Gasteiger partial charge on any atom is 0.472 e. The van der Waals surface area contributed by atoms with E-state index in [0.717, 1.165) is 51.4 Å². The zero-order valence-electron chi connectivity index (χ0n) is 41.2. The first kappa shape index (κ1) is 62.1. The van der Waals surface area contributed by atoms with Gasteiger partial charge in [-0.25, -0.2) is 4.57 Å². The highest BCUT2D eigenvalue weighted by Crippen LogP contribution is 2.47. The second-order valence-corrected chi connectivity index (χ2v) is 19.4. The van der Waals surface area contributed by atoms with Crippen molar-refractivity contribution in [3.05, 3.63) is 60.8 Å². The van der Waals surface area contributed by atoms with E-state index in [1.807, 2.05) is 12.2 Å². The molecule has 6 unspecified atom stereocenters. The molecule has 6 N–H and O–H groups in total. The van der Waals surface area contributed by atoms with Crippen molar-refractivity contribution in [1.29, 1.82) is 0 Å². The van der Waals surface area contributed by atoms with E-state index in [1.165, 1.54) is 122 Å². The molecule has 0 radical (unpaired) electrons. The van der Waals surface area contributed by atoms with Gasteiger partial charge in [0, 0.05) is 6.42 Å². The van der Waals surface area contributed by atoms with Gasteiger partial charge >= 0.3 is 13.8 Å². The van der Waals surface area contributed by atoms with Gasteiger partial charge in [-0.15, -0.1) is 0 Å². The molecule has 1 rings (SSSR count). The van der Waals surface area contributed by atoms with Crippen molar-refractivity contribution >= 4 is 13.8 Å². The summed E-state index contributed by atoms with van der Waals surface area (Å²) in [4.78, 5) is 23.2. The molecule has 1 aliphatic carbocycles. The molecule has 6 atom stereocenters. The Morgan fingerprint density at radius 3 is 1.27 bits per heavy atom. The van der Waals surface area contributed by atoms with Crippen LogP contribution in [0.15, 0.2) is 60.8 Å². The number of aliphatic hydroxyl groups is 5. The van der Waals surface area contributed by atoms with Crippen molar-refractivity contribution in [1.82, 2.24) is 0 Å². The molecule has 1 aliphatic rings. The van der Waals surface area contributed by atoms with Crippen LogP contribution in [0.3, 0.4) is 0 Å². The van der Waals surface area contributed by atoms with Gasteiger partial charge in [0.05, 0.1) is 19.8 Å². The molecular weight excluding hydrogens is 860 g/mol. The number of hydrogen-bond acceptors (Lipinski definition) is 11. The minimum atomic E-state index is -5.04. The maximum absolute atomic E-state index is 12.8. The molecule has 66 heavy (non-hydrogen) atoms. The number of allylic oxidation sites excluding steroid dienone is 9. The van der Waals surface area contributed by atoms with Crippen molar-refractivity contribution < 1.29 is 58.3 Å². The van der Waals surface area contributed by atoms with E-state index in [2.05, 4.69) is 62.5 Å². The highest BCUT2D eigenvalue weighted by Gasteiger charge is 2.51. The number of phosphoric ester groups is 1. The number of carbonyl (C=O) groups excluding carboxylic acids is 1. The summed E-state index contributed by atoms with van der Waals surface area (Å²) in [5, 5.41) is 50.3. The van der Waals surface area contributed by atoms with Gasteiger partial charge in [-0.1, -0.05) is 216 Å². The molecule has 0 amide bonds. The van der Waals surface area contributed by atoms with Crippen molar-refractivity contribution in [2.24, 2.45) is 0 Å². The molecule has 1 saturated carbocycles. The summed E-state index contributed by atoms with van der Waals surface area (Å²) in [6.07, 6.45) is 43.2. The second-order valence-electron chi connectivity index (χ2n) is 18.0. The third kappa shape index (κ3) is 34.3. The van der Waals surface area contributed by atoms with Crippen molar-refractivity contribution in [3.8, 4) is 0 Å². The normalized spacial score (nSPS) is 21.9. The SMILES string of the molecule is CC/C=C\C/C=C\C/C=C\C/C=C\C/C=C\CCOCC(COP(=O)(O)OC1C(O)C(O)C(O)C(O)C1O)OC(=O)CCCCCCCCCCCCCCCCCCCCCCCCC. The molecule has 12 nitrogen and oxygen atoms in total. The van der Waals surface area contributed by atoms with Crippen LogP contribution in [0.2, 0.25) is 0 Å². The molecule has 1 fully saturated rings. The summed E-state index contributed by atoms with van der Waals surface area (Å²) in [6.45, 7) is 3.96. The zero-order chi connectivity index (χ0) is 48.4. The van der Waals surface area contributed by atoms with Crippen molar-refractivity contribution in [2.75, 3.05) is 19.8 Å². The molecule has 0 saturated heterocycles. The van der Waals surface area contributed by atoms with Crippen LogP contribution in [0.5, 0.6) is 0 Å². The Morgan fingerprint density at radius 1 is 0.500 bits per heavy atom. The van der Waals surface area contributed by atoms with Crippen LogP contribution < -0.4 is 0 Å². The Kier molecular flexibility index (Phi) is 40.5. The zero-order valence-corrected chi connectivity index (χ0v) is 42.1. The number of aliphatic hydroxyl groups excluding tert-OH is 5. The first-order valence-electron chi connectivity index (χ1n) is 26.1. The molecule has 0 aliphatic heterocycles. The predicted molar refractivity (Wildman–Crippen MR) is 267 cm³/mol. The number of carbonyl (C=O) groups is 1. The van der Waals surface area contributed by atoms with E-state index >= 15 is 0 Å². The Balaban J connectivity index is 2.34. The van der Waals surface area contributed by atoms with E-state index in [0.29, 0.717) is 19.4 Å². The van der Waals surface area contributed by atoms with E-state index in [1.54, 1.807) is 0 Å². The lowest BCUT2D eigenvalue weighted by atomic mass is 9.85. The Labute approximate surface area is 400 Å². The van der Waals surface area contributed by atoms with Crippen LogP contribution in [-0.2, 0) is 27.9 Å². The van der Waals surface area contributed by atoms with Gasteiger partial charge < -0.3 is 39.9 Å². The third-order valence-corrected chi connectivity index (χ3v) is 12.9. The minimum Gasteiger partial charge on any atom is -0.457 e. The van der Waals surface area contributed by atoms with Gasteiger partial charge in [0.15, 0.2) is 0 Å². The number of unbranched alkanes of at least 4 members (excludes halogenated alkanes) is 22. The van der Waals surface area contributed by atoms with Crippen molar-refractivity contribution in [2.45, 2.75) is 249 Å². The Bertz CT molecular complexity index is 1320. The monoisotopic (exact) mass is 955 g/mol. The Morgan fingerprint density at radius 2 is 0.864 bits per heavy atom. The van der Waals surface area contributed by atoms with E-state index < -0.39 is 63.1 Å². The standard InChI is InChI=1S/C53H95O12P/c1-3-5-7-9-11-13-15-17-19-21-22-23-24-25-26-27-28-30-32-34-36-38-40-42-47(54)64-46(45-63-66(60,61)65-53-51(58)49(56)48(55)50(57)52(53)59)44-62-43-41-39-37-35-33-31-29-20-18-16-14-12-10-8-6-4-2/h6,8,12,14,18,20,31,33,37,39,46,48-53,55-59H,3-5,7,9-11,13,15-17,19,21-30,32,34-36,38,40-45H2,1-2H3,(H,60,61)/b8-6-,14-12-,20-18-,33-31-,39-37-. The smallest absolute Gasteiger partial charge is 0.457 e. The van der Waals surface area contributed by atoms with Gasteiger partial charge in [0.2, 0.25) is 0 Å². The number of phosphoric acid groups is 1. The quantitative estimate of drug-likeness (QED) is 0.0147. The summed E-state index contributed by atoms with van der Waals surface area (Å²) >= 11 is 0. The van der Waals surface area contributed by atoms with Crippen LogP contribution in [0, 0.1) is 0 Å². The average Bonchev–Trinajstić information content (AvgIpc) is 3.30. The van der Waals surface area contributed by atoms with Crippen LogP contribution in [0.4, 0.5) is 0 Å². The molecule has 0 bridgehead atoms. The average molecular weight is 955 g/mol. The molecule has 13 heteroatoms. The lowest BCUT2D eigenvalue weighted by Crippen LogP contribution is -2.64. The molecule has 384 valence electrons. The highest BCUT2D eigenvalue weighted by atomic mass is 31.2. The third-order valence-electron chi connectivity index (χ3n) is 11.9. The molecule has 0 aromatic rings. The summed E-state index contributed by atoms with van der Waals surface area (Å²) in [7, 11) is -5.04. The predicted octanol–water partition coefficient (Wildman–Crippen LogP) is 11.8. The summed E-state index contributed by atoms with van der Waals surface area (Å²) < 4.78 is 34.2. The van der Waals surface area contributed by atoms with Crippen LogP contribution in [0.1, 0.15) is 206 Å². The highest BCUT2D eigenvalue weighted by molar-refractivity contribution is 7.47. The number of rotatable bonds is 44. The van der Waals surface area contributed by atoms with Gasteiger partial charge in [-0.3, -0.25) is 13.8 Å². The molecule has 0 aromatic heterocycles. The van der Waals surface area contributed by atoms with Gasteiger partial charge in [0.1, 0.15) is 42.7 Å². The fraction of sp³-hybridized carbons (Fsp3) is 0.792. The molecule has 0 heterocycles. The van der Waals surface area contributed by atoms with Gasteiger partial charge in [-0.05, 0) is 44.9 Å². The fourth-order valence-electron chi connectivity index (χ4n) is 7.83. The molecule has 0 spiro atoms. The lowest BCUT2D eigenvalue weighted by Gasteiger charge is -2.41. The summed E-state index contributed by atoms with van der Waals surface area (Å²) in [5.74, 6) is -0.499. The Hall–Kier alpha value is -1.96. The van der Waals surface area contributed by atoms with Crippen LogP contribution in [0.25, 0.3) is 0 Å². The topological polar surface area (TPSA) is 192 Å². The second kappa shape index (κ2) is 43.1. The van der Waals surface area contributed by atoms with Crippen LogP contribution in [-0.4, -0.2) is 98.9 Å². The summed E-state index contributed by atoms with van der Waals surface area (Å²) in [6, 6.07) is 0. The molecule has 0 aromatic carbocycles. The maximum atomic E-state index is 12.8. The fourth-order valence-corrected chi connectivity index (χ4v) is 8.81. The summed E-state index contributed by atoms with van der Waals surface area (Å²) in [5.41, 5.74) is 0. The van der Waals surface area contributed by atoms with E-state index in [9.17, 15) is 39.8 Å².